The number of aromatic amines is 1. The van der Waals surface area contributed by atoms with E-state index in [2.05, 4.69) is 25.5 Å². The Hall–Kier alpha value is -3.48. The second-order valence-electron chi connectivity index (χ2n) is 9.67. The largest absolute Gasteiger partial charge is 0.494 e. The first-order valence-electron chi connectivity index (χ1n) is 11.7. The highest BCUT2D eigenvalue weighted by atomic mass is 32.2. The van der Waals surface area contributed by atoms with Crippen molar-refractivity contribution in [1.82, 2.24) is 24.7 Å². The van der Waals surface area contributed by atoms with Gasteiger partial charge < -0.3 is 19.9 Å². The topological polar surface area (TPSA) is 94.9 Å². The molecule has 2 aliphatic rings. The smallest absolute Gasteiger partial charge is 0.406 e. The summed E-state index contributed by atoms with van der Waals surface area (Å²) in [6.07, 6.45) is -1.35. The molecular formula is C24H23F4N7OS. The molecule has 194 valence electrons. The molecule has 3 N–H and O–H groups in total. The van der Waals surface area contributed by atoms with Crippen molar-refractivity contribution in [2.75, 3.05) is 23.3 Å². The quantitative estimate of drug-likeness (QED) is 0.211. The average Bonchev–Trinajstić information content (AvgIpc) is 3.51. The zero-order chi connectivity index (χ0) is 25.9. The summed E-state index contributed by atoms with van der Waals surface area (Å²) >= 11 is 1.22. The van der Waals surface area contributed by atoms with Gasteiger partial charge >= 0.3 is 6.18 Å². The number of nitrogens with zero attached hydrogens (tertiary/aromatic N) is 5. The van der Waals surface area contributed by atoms with Gasteiger partial charge in [0.1, 0.15) is 23.8 Å². The van der Waals surface area contributed by atoms with Crippen LogP contribution in [0.1, 0.15) is 18.5 Å². The molecule has 0 spiro atoms. The van der Waals surface area contributed by atoms with Gasteiger partial charge in [0.05, 0.1) is 13.1 Å². The first-order chi connectivity index (χ1) is 17.5. The average molecular weight is 534 g/mol. The van der Waals surface area contributed by atoms with Crippen molar-refractivity contribution in [3.63, 3.8) is 0 Å². The highest BCUT2D eigenvalue weighted by Gasteiger charge is 2.54. The van der Waals surface area contributed by atoms with Crippen LogP contribution in [0.5, 0.6) is 5.88 Å². The van der Waals surface area contributed by atoms with Crippen LogP contribution >= 0.6 is 11.8 Å². The Balaban J connectivity index is 1.28. The highest BCUT2D eigenvalue weighted by Crippen LogP contribution is 2.48. The summed E-state index contributed by atoms with van der Waals surface area (Å²) in [7, 11) is 0. The number of aryl methyl sites for hydroxylation is 1. The predicted molar refractivity (Wildman–Crippen MR) is 131 cm³/mol. The van der Waals surface area contributed by atoms with Gasteiger partial charge in [-0.15, -0.1) is 0 Å². The number of halogens is 4. The van der Waals surface area contributed by atoms with Gasteiger partial charge in [0.25, 0.3) is 0 Å². The van der Waals surface area contributed by atoms with Crippen LogP contribution in [0.4, 0.5) is 35.0 Å². The van der Waals surface area contributed by atoms with Gasteiger partial charge in [-0.3, -0.25) is 5.10 Å². The summed E-state index contributed by atoms with van der Waals surface area (Å²) in [6, 6.07) is 8.51. The van der Waals surface area contributed by atoms with Crippen molar-refractivity contribution >= 4 is 40.0 Å². The van der Waals surface area contributed by atoms with Crippen LogP contribution in [0.25, 0.3) is 10.8 Å². The molecule has 3 aromatic heterocycles. The molecule has 13 heteroatoms. The van der Waals surface area contributed by atoms with Crippen molar-refractivity contribution in [2.45, 2.75) is 48.2 Å². The maximum Gasteiger partial charge on any atom is 0.406 e. The molecule has 1 saturated heterocycles. The van der Waals surface area contributed by atoms with E-state index in [9.17, 15) is 22.7 Å². The van der Waals surface area contributed by atoms with Crippen molar-refractivity contribution in [1.29, 1.82) is 0 Å². The lowest BCUT2D eigenvalue weighted by Gasteiger charge is -2.45. The number of hydrogen-bond acceptors (Lipinski definition) is 7. The normalized spacial score (nSPS) is 17.3. The number of rotatable bonds is 7. The fourth-order valence-electron chi connectivity index (χ4n) is 4.62. The van der Waals surface area contributed by atoms with Crippen LogP contribution in [0.15, 0.2) is 46.6 Å². The highest BCUT2D eigenvalue weighted by molar-refractivity contribution is 7.99. The Morgan fingerprint density at radius 2 is 1.95 bits per heavy atom. The maximum atomic E-state index is 15.0. The van der Waals surface area contributed by atoms with Gasteiger partial charge in [0.15, 0.2) is 16.9 Å². The molecule has 0 unspecified atom stereocenters. The van der Waals surface area contributed by atoms with Crippen LogP contribution in [0.2, 0.25) is 0 Å². The molecule has 0 atom stereocenters. The third-order valence-electron chi connectivity index (χ3n) is 6.58. The number of alkyl halides is 4. The Morgan fingerprint density at radius 1 is 1.16 bits per heavy atom. The van der Waals surface area contributed by atoms with Crippen LogP contribution < -0.4 is 10.2 Å². The molecule has 1 aliphatic carbocycles. The number of aromatic nitrogens is 5. The van der Waals surface area contributed by atoms with E-state index in [1.165, 1.54) is 18.0 Å². The van der Waals surface area contributed by atoms with Crippen molar-refractivity contribution in [2.24, 2.45) is 5.92 Å². The number of nitrogens with one attached hydrogen (secondary N) is 2. The SMILES string of the molecule is Cc1cc(Nc2cc(N3CC(F)(C4CC4)C3)nc(Sc3ccc4c(O)n(CC(F)(F)F)cc4c3)n2)n[nH]1. The Kier molecular flexibility index (Phi) is 5.51. The Bertz CT molecular complexity index is 1470. The first kappa shape index (κ1) is 23.9. The molecule has 1 aromatic carbocycles. The summed E-state index contributed by atoms with van der Waals surface area (Å²) in [4.78, 5) is 11.8. The van der Waals surface area contributed by atoms with Gasteiger partial charge in [-0.2, -0.15) is 18.3 Å². The van der Waals surface area contributed by atoms with E-state index in [1.807, 2.05) is 17.9 Å². The van der Waals surface area contributed by atoms with Gasteiger partial charge in [-0.05, 0) is 55.6 Å². The third-order valence-corrected chi connectivity index (χ3v) is 7.44. The first-order valence-corrected chi connectivity index (χ1v) is 12.5. The molecule has 37 heavy (non-hydrogen) atoms. The summed E-state index contributed by atoms with van der Waals surface area (Å²) in [5.74, 6) is 1.32. The molecule has 0 radical (unpaired) electrons. The van der Waals surface area contributed by atoms with E-state index in [4.69, 9.17) is 0 Å². The van der Waals surface area contributed by atoms with Crippen molar-refractivity contribution in [3.05, 3.63) is 42.2 Å². The van der Waals surface area contributed by atoms with Gasteiger partial charge in [0.2, 0.25) is 0 Å². The minimum atomic E-state index is -4.46. The minimum Gasteiger partial charge on any atom is -0.494 e. The molecule has 1 aliphatic heterocycles. The monoisotopic (exact) mass is 533 g/mol. The fourth-order valence-corrected chi connectivity index (χ4v) is 5.44. The lowest BCUT2D eigenvalue weighted by Crippen LogP contribution is -2.60. The van der Waals surface area contributed by atoms with E-state index in [1.54, 1.807) is 24.3 Å². The van der Waals surface area contributed by atoms with Gasteiger partial charge in [-0.1, -0.05) is 0 Å². The molecule has 0 amide bonds. The summed E-state index contributed by atoms with van der Waals surface area (Å²) in [5.41, 5.74) is -0.309. The number of hydrogen-bond donors (Lipinski definition) is 3. The van der Waals surface area contributed by atoms with Crippen LogP contribution in [0, 0.1) is 12.8 Å². The van der Waals surface area contributed by atoms with Crippen molar-refractivity contribution < 1.29 is 22.7 Å². The maximum absolute atomic E-state index is 15.0. The molecule has 2 fully saturated rings. The molecule has 8 nitrogen and oxygen atoms in total. The zero-order valence-electron chi connectivity index (χ0n) is 19.7. The summed E-state index contributed by atoms with van der Waals surface area (Å²) < 4.78 is 54.3. The van der Waals surface area contributed by atoms with Crippen LogP contribution in [-0.4, -0.2) is 54.8 Å². The summed E-state index contributed by atoms with van der Waals surface area (Å²) in [5, 5.41) is 21.5. The number of fused-ring (bicyclic) bond motifs is 1. The van der Waals surface area contributed by atoms with E-state index < -0.39 is 24.3 Å². The molecule has 1 saturated carbocycles. The molecule has 4 aromatic rings. The van der Waals surface area contributed by atoms with E-state index in [0.29, 0.717) is 38.3 Å². The van der Waals surface area contributed by atoms with E-state index in [-0.39, 0.29) is 19.0 Å². The second-order valence-corrected chi connectivity index (χ2v) is 10.7. The second kappa shape index (κ2) is 8.54. The molecule has 0 bridgehead atoms. The number of aromatic hydroxyl groups is 1. The number of anilines is 3. The minimum absolute atomic E-state index is 0.122. The predicted octanol–water partition coefficient (Wildman–Crippen LogP) is 5.56. The summed E-state index contributed by atoms with van der Waals surface area (Å²) in [6.45, 7) is 1.14. The number of H-pyrrole nitrogens is 1. The van der Waals surface area contributed by atoms with E-state index >= 15 is 0 Å². The number of benzene rings is 1. The lowest BCUT2D eigenvalue weighted by molar-refractivity contribution is -0.141. The Morgan fingerprint density at radius 3 is 2.62 bits per heavy atom. The van der Waals surface area contributed by atoms with Gasteiger partial charge in [0, 0.05) is 39.7 Å². The standard InChI is InChI=1S/C24H23F4N7OS/c1-13-6-19(33-32-13)29-18-8-20(35-10-23(25,11-35)15-2-3-15)31-22(30-18)37-16-4-5-17-14(7-16)9-34(21(17)36)12-24(26,27)28/h4-9,15,36H,2-3,10-12H2,1H3,(H2,29,30,31,32,33). The lowest BCUT2D eigenvalue weighted by atomic mass is 9.91. The third kappa shape index (κ3) is 4.91. The van der Waals surface area contributed by atoms with Crippen molar-refractivity contribution in [3.8, 4) is 5.88 Å². The molecule has 4 heterocycles. The van der Waals surface area contributed by atoms with Gasteiger partial charge in [-0.25, -0.2) is 14.4 Å². The van der Waals surface area contributed by atoms with E-state index in [0.717, 1.165) is 23.1 Å². The van der Waals surface area contributed by atoms with Crippen LogP contribution in [-0.2, 0) is 6.54 Å². The molecule has 6 rings (SSSR count). The Labute approximate surface area is 213 Å². The van der Waals surface area contributed by atoms with Crippen LogP contribution in [0.3, 0.4) is 0 Å². The molecular weight excluding hydrogens is 510 g/mol. The zero-order valence-corrected chi connectivity index (χ0v) is 20.5. The fraction of sp³-hybridized carbons (Fsp3) is 0.375.